The Balaban J connectivity index is 0.000000334. The molecule has 0 fully saturated rings. The molecule has 0 radical (unpaired) electrons. The number of aromatic amines is 2. The summed E-state index contributed by atoms with van der Waals surface area (Å²) in [6.45, 7) is 24.5. The van der Waals surface area contributed by atoms with E-state index in [-0.39, 0.29) is 74.1 Å². The molecule has 6 N–H and O–H groups in total. The molecule has 8 amide bonds. The zero-order valence-corrected chi connectivity index (χ0v) is 54.8. The standard InChI is InChI=1S/2C33H46FN5O7/c1-6-38(7-2)14-15-39(33(43)46-16-9-8-13-35-29(40)12-17-45-19-18-44-5)32(42)30-22(3)28(36-23(30)4)21-26-25-20-24(34)10-11-27(25)37-31(26)41;1-6-38(7-2)14-15-39(33(43)46-16-10-9-13-35-29(40)21-45-18-17-44-8-3)32(42)30-22(4)28(36-23(30)5)20-26-25-19-24(34)11-12-27(25)37-31(26)41/h10-11,20-21,36H,6-9,12-19H2,1-5H3,(H,35,40)(H,37,41);11-12,19-20,36H,6-10,13-18,21H2,1-5H3,(H,35,40)(H,37,41)/b26-21-;26-20-. The third-order valence-corrected chi connectivity index (χ3v) is 15.4. The molecule has 26 heteroatoms. The molecule has 0 aliphatic carbocycles. The van der Waals surface area contributed by atoms with Crippen LogP contribution in [0.4, 0.5) is 29.7 Å². The van der Waals surface area contributed by atoms with Crippen LogP contribution in [0.15, 0.2) is 36.4 Å². The molecule has 0 saturated carbocycles. The van der Waals surface area contributed by atoms with Gasteiger partial charge in [-0.05, 0) is 146 Å². The molecule has 2 aliphatic rings. The van der Waals surface area contributed by atoms with Crippen LogP contribution in [-0.2, 0) is 47.6 Å². The quantitative estimate of drug-likeness (QED) is 0.0185. The predicted octanol–water partition coefficient (Wildman–Crippen LogP) is 8.27. The van der Waals surface area contributed by atoms with Gasteiger partial charge in [-0.2, -0.15) is 0 Å². The minimum atomic E-state index is -0.761. The Hall–Kier alpha value is -8.14. The molecule has 0 saturated heterocycles. The summed E-state index contributed by atoms with van der Waals surface area (Å²) in [5, 5.41) is 11.0. The van der Waals surface area contributed by atoms with Crippen LogP contribution in [0.5, 0.6) is 0 Å². The van der Waals surface area contributed by atoms with Crippen molar-refractivity contribution >= 4 is 82.3 Å². The van der Waals surface area contributed by atoms with Gasteiger partial charge in [0, 0.05) is 105 Å². The second kappa shape index (κ2) is 38.6. The highest BCUT2D eigenvalue weighted by Gasteiger charge is 2.33. The van der Waals surface area contributed by atoms with Gasteiger partial charge in [-0.1, -0.05) is 27.7 Å². The zero-order valence-electron chi connectivity index (χ0n) is 54.8. The second-order valence-corrected chi connectivity index (χ2v) is 21.6. The number of rotatable bonds is 36. The first-order valence-corrected chi connectivity index (χ1v) is 31.4. The molecule has 6 rings (SSSR count). The highest BCUT2D eigenvalue weighted by molar-refractivity contribution is 6.35. The van der Waals surface area contributed by atoms with Crippen molar-refractivity contribution in [1.82, 2.24) is 40.2 Å². The minimum absolute atomic E-state index is 0.0541. The van der Waals surface area contributed by atoms with Gasteiger partial charge in [0.05, 0.1) is 68.5 Å². The third kappa shape index (κ3) is 22.0. The molecule has 2 aromatic carbocycles. The van der Waals surface area contributed by atoms with E-state index >= 15 is 0 Å². The number of fused-ring (bicyclic) bond motifs is 2. The maximum Gasteiger partial charge on any atom is 0.416 e. The molecule has 2 aliphatic heterocycles. The van der Waals surface area contributed by atoms with Crippen molar-refractivity contribution in [3.05, 3.63) is 104 Å². The van der Waals surface area contributed by atoms with Gasteiger partial charge in [-0.25, -0.2) is 28.2 Å². The fourth-order valence-electron chi connectivity index (χ4n) is 10.1. The number of benzene rings is 2. The Morgan fingerprint density at radius 2 is 0.967 bits per heavy atom. The fourth-order valence-corrected chi connectivity index (χ4v) is 10.1. The van der Waals surface area contributed by atoms with Crippen molar-refractivity contribution in [2.45, 2.75) is 94.4 Å². The molecule has 504 valence electrons. The number of hydrogen-bond donors (Lipinski definition) is 6. The van der Waals surface area contributed by atoms with Gasteiger partial charge < -0.3 is 69.5 Å². The Morgan fingerprint density at radius 3 is 1.40 bits per heavy atom. The number of anilines is 2. The van der Waals surface area contributed by atoms with Crippen molar-refractivity contribution in [2.24, 2.45) is 0 Å². The topological polar surface area (TPSA) is 285 Å². The highest BCUT2D eigenvalue weighted by atomic mass is 19.1. The van der Waals surface area contributed by atoms with Crippen LogP contribution in [0.2, 0.25) is 0 Å². The summed E-state index contributed by atoms with van der Waals surface area (Å²) in [7, 11) is 1.58. The SMILES string of the molecule is CCN(CC)CCN(C(=O)OCCCCNC(=O)CCOCCOC)C(=O)c1c(C)[nH]c(/C=C2\C(=O)Nc3ccc(F)cc32)c1C.CCOCCOCC(=O)NCCCCOC(=O)N(CCN(CC)CC)C(=O)c1c(C)[nH]c(/C=C2\C(=O)Nc3ccc(F)cc32)c1C. The summed E-state index contributed by atoms with van der Waals surface area (Å²) in [4.78, 5) is 116. The lowest BCUT2D eigenvalue weighted by atomic mass is 10.0. The summed E-state index contributed by atoms with van der Waals surface area (Å²) < 4.78 is 59.5. The van der Waals surface area contributed by atoms with E-state index in [9.17, 15) is 47.1 Å². The van der Waals surface area contributed by atoms with Crippen LogP contribution in [0, 0.1) is 39.3 Å². The number of unbranched alkanes of at least 4 members (excludes halogenated alkanes) is 2. The number of likely N-dealkylation sites (N-methyl/N-ethyl adjacent to an activating group) is 2. The average Bonchev–Trinajstić information content (AvgIpc) is 1.66. The maximum absolute atomic E-state index is 14.0. The predicted molar refractivity (Wildman–Crippen MR) is 346 cm³/mol. The normalized spacial score (nSPS) is 13.2. The number of nitrogens with zero attached hydrogens (tertiary/aromatic N) is 4. The van der Waals surface area contributed by atoms with Crippen LogP contribution in [0.1, 0.15) is 132 Å². The second-order valence-electron chi connectivity index (χ2n) is 21.6. The molecular formula is C66H92F2N10O14. The van der Waals surface area contributed by atoms with E-state index in [1.165, 1.54) is 36.4 Å². The van der Waals surface area contributed by atoms with Crippen molar-refractivity contribution < 1.29 is 75.6 Å². The fraction of sp³-hybridized carbons (Fsp3) is 0.515. The Bertz CT molecular complexity index is 3020. The summed E-state index contributed by atoms with van der Waals surface area (Å²) in [6.07, 6.45) is 4.05. The van der Waals surface area contributed by atoms with E-state index in [1.807, 2.05) is 34.6 Å². The monoisotopic (exact) mass is 1290 g/mol. The number of aryl methyl sites for hydroxylation is 2. The number of ether oxygens (including phenoxy) is 6. The van der Waals surface area contributed by atoms with E-state index in [0.29, 0.717) is 159 Å². The summed E-state index contributed by atoms with van der Waals surface area (Å²) in [5.41, 5.74) is 6.14. The van der Waals surface area contributed by atoms with Crippen molar-refractivity contribution in [2.75, 3.05) is 143 Å². The highest BCUT2D eigenvalue weighted by Crippen LogP contribution is 2.36. The van der Waals surface area contributed by atoms with E-state index in [0.717, 1.165) is 36.0 Å². The lowest BCUT2D eigenvalue weighted by Crippen LogP contribution is -2.43. The first-order chi connectivity index (χ1) is 44.2. The van der Waals surface area contributed by atoms with Gasteiger partial charge in [0.15, 0.2) is 0 Å². The Morgan fingerprint density at radius 1 is 0.533 bits per heavy atom. The molecule has 0 spiro atoms. The first-order valence-electron chi connectivity index (χ1n) is 31.4. The van der Waals surface area contributed by atoms with E-state index in [2.05, 4.69) is 41.0 Å². The van der Waals surface area contributed by atoms with E-state index < -0.39 is 35.6 Å². The molecule has 4 heterocycles. The van der Waals surface area contributed by atoms with Crippen LogP contribution in [0.3, 0.4) is 0 Å². The van der Waals surface area contributed by atoms with Crippen molar-refractivity contribution in [3.63, 3.8) is 0 Å². The van der Waals surface area contributed by atoms with Gasteiger partial charge in [0.1, 0.15) is 18.2 Å². The number of H-pyrrole nitrogens is 2. The number of nitrogens with one attached hydrogen (secondary N) is 6. The van der Waals surface area contributed by atoms with Crippen LogP contribution in [0.25, 0.3) is 23.3 Å². The van der Waals surface area contributed by atoms with E-state index in [1.54, 1.807) is 47.0 Å². The number of amides is 8. The maximum atomic E-state index is 14.0. The molecule has 0 unspecified atom stereocenters. The number of methoxy groups -OCH3 is 1. The van der Waals surface area contributed by atoms with E-state index in [4.69, 9.17) is 28.4 Å². The molecule has 0 bridgehead atoms. The zero-order chi connectivity index (χ0) is 67.3. The molecule has 92 heavy (non-hydrogen) atoms. The first kappa shape index (κ1) is 74.6. The summed E-state index contributed by atoms with van der Waals surface area (Å²) >= 11 is 0. The number of carbonyl (C=O) groups is 8. The number of hydrogen-bond acceptors (Lipinski definition) is 16. The third-order valence-electron chi connectivity index (χ3n) is 15.4. The van der Waals surface area contributed by atoms with Gasteiger partial charge in [0.2, 0.25) is 11.8 Å². The minimum Gasteiger partial charge on any atom is -0.449 e. The molecule has 2 aromatic heterocycles. The van der Waals surface area contributed by atoms with Gasteiger partial charge in [-0.3, -0.25) is 28.8 Å². The molecule has 24 nitrogen and oxygen atoms in total. The van der Waals surface area contributed by atoms with Gasteiger partial charge in [0.25, 0.3) is 23.6 Å². The number of carbonyl (C=O) groups excluding carboxylic acids is 8. The van der Waals surface area contributed by atoms with Crippen molar-refractivity contribution in [3.8, 4) is 0 Å². The van der Waals surface area contributed by atoms with Crippen LogP contribution < -0.4 is 21.3 Å². The molecule has 4 aromatic rings. The number of aromatic nitrogens is 2. The average molecular weight is 1290 g/mol. The molecule has 0 atom stereocenters. The summed E-state index contributed by atoms with van der Waals surface area (Å²) in [5.74, 6) is -3.10. The van der Waals surface area contributed by atoms with Gasteiger partial charge in [-0.15, -0.1) is 0 Å². The van der Waals surface area contributed by atoms with Crippen molar-refractivity contribution in [1.29, 1.82) is 0 Å². The van der Waals surface area contributed by atoms with Crippen LogP contribution in [-0.4, -0.2) is 209 Å². The Kier molecular flexibility index (Phi) is 31.3. The Labute approximate surface area is 537 Å². The number of halogens is 2. The largest absolute Gasteiger partial charge is 0.449 e. The van der Waals surface area contributed by atoms with Crippen LogP contribution >= 0.6 is 0 Å². The lowest BCUT2D eigenvalue weighted by Gasteiger charge is -2.25. The number of imide groups is 2. The lowest BCUT2D eigenvalue weighted by molar-refractivity contribution is -0.126. The smallest absolute Gasteiger partial charge is 0.416 e. The summed E-state index contributed by atoms with van der Waals surface area (Å²) in [6, 6.07) is 8.13. The molecular weight excluding hydrogens is 1190 g/mol. The van der Waals surface area contributed by atoms with Gasteiger partial charge >= 0.3 is 12.2 Å².